The second-order valence-corrected chi connectivity index (χ2v) is 4.53. The summed E-state index contributed by atoms with van der Waals surface area (Å²) < 4.78 is 2.06. The van der Waals surface area contributed by atoms with E-state index in [0.717, 1.165) is 17.9 Å². The Morgan fingerprint density at radius 2 is 2.00 bits per heavy atom. The molecule has 1 aromatic heterocycles. The second kappa shape index (κ2) is 4.72. The van der Waals surface area contributed by atoms with Crippen LogP contribution in [-0.4, -0.2) is 9.55 Å². The molecule has 0 aliphatic heterocycles. The van der Waals surface area contributed by atoms with Crippen molar-refractivity contribution in [2.45, 2.75) is 26.3 Å². The van der Waals surface area contributed by atoms with Crippen LogP contribution in [0.2, 0.25) is 0 Å². The SMILES string of the molecule is Cc1ccccc1CC(N)c1cnc(C)n1C. The molecule has 0 aliphatic carbocycles. The van der Waals surface area contributed by atoms with E-state index in [1.165, 1.54) is 11.1 Å². The highest BCUT2D eigenvalue weighted by molar-refractivity contribution is 5.27. The van der Waals surface area contributed by atoms with E-state index in [0.29, 0.717) is 0 Å². The van der Waals surface area contributed by atoms with Crippen LogP contribution in [-0.2, 0) is 13.5 Å². The van der Waals surface area contributed by atoms with Gasteiger partial charge in [-0.25, -0.2) is 4.98 Å². The Labute approximate surface area is 102 Å². The number of imidazole rings is 1. The van der Waals surface area contributed by atoms with Crippen LogP contribution in [0.4, 0.5) is 0 Å². The van der Waals surface area contributed by atoms with Crippen molar-refractivity contribution >= 4 is 0 Å². The molecule has 0 bridgehead atoms. The smallest absolute Gasteiger partial charge is 0.105 e. The summed E-state index contributed by atoms with van der Waals surface area (Å²) in [6.07, 6.45) is 2.73. The molecule has 17 heavy (non-hydrogen) atoms. The highest BCUT2D eigenvalue weighted by Gasteiger charge is 2.13. The number of nitrogens with zero attached hydrogens (tertiary/aromatic N) is 2. The number of benzene rings is 1. The first-order chi connectivity index (χ1) is 8.09. The molecule has 2 N–H and O–H groups in total. The first-order valence-corrected chi connectivity index (χ1v) is 5.88. The minimum atomic E-state index is 0.00213. The van der Waals surface area contributed by atoms with Crippen LogP contribution in [0.15, 0.2) is 30.5 Å². The number of aryl methyl sites for hydroxylation is 2. The van der Waals surface area contributed by atoms with Gasteiger partial charge < -0.3 is 10.3 Å². The third kappa shape index (κ3) is 2.39. The molecule has 2 rings (SSSR count). The van der Waals surface area contributed by atoms with Gasteiger partial charge in [0.15, 0.2) is 0 Å². The second-order valence-electron chi connectivity index (χ2n) is 4.53. The molecule has 0 fully saturated rings. The van der Waals surface area contributed by atoms with Gasteiger partial charge in [-0.05, 0) is 31.4 Å². The zero-order chi connectivity index (χ0) is 12.4. The van der Waals surface area contributed by atoms with E-state index in [1.54, 1.807) is 0 Å². The third-order valence-corrected chi connectivity index (χ3v) is 3.34. The lowest BCUT2D eigenvalue weighted by atomic mass is 10.00. The summed E-state index contributed by atoms with van der Waals surface area (Å²) in [6.45, 7) is 4.11. The van der Waals surface area contributed by atoms with Gasteiger partial charge in [-0.15, -0.1) is 0 Å². The standard InChI is InChI=1S/C14H19N3/c1-10-6-4-5-7-12(10)8-13(15)14-9-16-11(2)17(14)3/h4-7,9,13H,8,15H2,1-3H3. The van der Waals surface area contributed by atoms with Crippen molar-refractivity contribution in [3.8, 4) is 0 Å². The van der Waals surface area contributed by atoms with Crippen LogP contribution < -0.4 is 5.73 Å². The highest BCUT2D eigenvalue weighted by atomic mass is 15.1. The first-order valence-electron chi connectivity index (χ1n) is 5.88. The van der Waals surface area contributed by atoms with Crippen LogP contribution in [0.25, 0.3) is 0 Å². The monoisotopic (exact) mass is 229 g/mol. The molecule has 3 heteroatoms. The molecule has 0 amide bonds. The van der Waals surface area contributed by atoms with Crippen molar-refractivity contribution in [3.05, 3.63) is 53.1 Å². The van der Waals surface area contributed by atoms with Gasteiger partial charge in [-0.2, -0.15) is 0 Å². The van der Waals surface area contributed by atoms with Crippen LogP contribution in [0, 0.1) is 13.8 Å². The van der Waals surface area contributed by atoms with Crippen molar-refractivity contribution < 1.29 is 0 Å². The van der Waals surface area contributed by atoms with E-state index in [1.807, 2.05) is 20.2 Å². The summed E-state index contributed by atoms with van der Waals surface area (Å²) in [5.74, 6) is 1.00. The normalized spacial score (nSPS) is 12.7. The van der Waals surface area contributed by atoms with Crippen LogP contribution >= 0.6 is 0 Å². The Balaban J connectivity index is 2.20. The predicted molar refractivity (Wildman–Crippen MR) is 69.8 cm³/mol. The molecule has 90 valence electrons. The largest absolute Gasteiger partial charge is 0.334 e. The number of hydrogen-bond donors (Lipinski definition) is 1. The molecule has 2 aromatic rings. The first kappa shape index (κ1) is 11.9. The molecule has 1 unspecified atom stereocenters. The Bertz CT molecular complexity index is 514. The molecule has 0 radical (unpaired) electrons. The van der Waals surface area contributed by atoms with Crippen molar-refractivity contribution in [1.82, 2.24) is 9.55 Å². The average Bonchev–Trinajstić information content (AvgIpc) is 2.63. The molecular weight excluding hydrogens is 210 g/mol. The fourth-order valence-electron chi connectivity index (χ4n) is 2.04. The van der Waals surface area contributed by atoms with Crippen LogP contribution in [0.3, 0.4) is 0 Å². The number of rotatable bonds is 3. The van der Waals surface area contributed by atoms with Gasteiger partial charge in [0.25, 0.3) is 0 Å². The molecule has 0 aliphatic rings. The lowest BCUT2D eigenvalue weighted by Gasteiger charge is -2.14. The molecule has 0 saturated heterocycles. The van der Waals surface area contributed by atoms with Crippen molar-refractivity contribution in [2.24, 2.45) is 12.8 Å². The number of hydrogen-bond acceptors (Lipinski definition) is 2. The van der Waals surface area contributed by atoms with Crippen molar-refractivity contribution in [1.29, 1.82) is 0 Å². The summed E-state index contributed by atoms with van der Waals surface area (Å²) >= 11 is 0. The predicted octanol–water partition coefficient (Wildman–Crippen LogP) is 2.28. The summed E-state index contributed by atoms with van der Waals surface area (Å²) in [6, 6.07) is 8.37. The Morgan fingerprint density at radius 1 is 1.29 bits per heavy atom. The fourth-order valence-corrected chi connectivity index (χ4v) is 2.04. The lowest BCUT2D eigenvalue weighted by molar-refractivity contribution is 0.647. The zero-order valence-corrected chi connectivity index (χ0v) is 10.6. The van der Waals surface area contributed by atoms with E-state index in [9.17, 15) is 0 Å². The minimum Gasteiger partial charge on any atom is -0.334 e. The molecule has 1 aromatic carbocycles. The van der Waals surface area contributed by atoms with Gasteiger partial charge in [0.1, 0.15) is 5.82 Å². The summed E-state index contributed by atoms with van der Waals surface area (Å²) in [5, 5.41) is 0. The van der Waals surface area contributed by atoms with Gasteiger partial charge in [0.2, 0.25) is 0 Å². The molecule has 3 nitrogen and oxygen atoms in total. The van der Waals surface area contributed by atoms with E-state index in [2.05, 4.69) is 40.7 Å². The Hall–Kier alpha value is -1.61. The van der Waals surface area contributed by atoms with Gasteiger partial charge >= 0.3 is 0 Å². The van der Waals surface area contributed by atoms with Crippen molar-refractivity contribution in [3.63, 3.8) is 0 Å². The maximum absolute atomic E-state index is 6.25. The Morgan fingerprint density at radius 3 is 2.59 bits per heavy atom. The van der Waals surface area contributed by atoms with Crippen LogP contribution in [0.5, 0.6) is 0 Å². The third-order valence-electron chi connectivity index (χ3n) is 3.34. The topological polar surface area (TPSA) is 43.8 Å². The van der Waals surface area contributed by atoms with E-state index >= 15 is 0 Å². The summed E-state index contributed by atoms with van der Waals surface area (Å²) in [4.78, 5) is 4.28. The summed E-state index contributed by atoms with van der Waals surface area (Å²) in [5.41, 5.74) is 9.94. The quantitative estimate of drug-likeness (QED) is 0.877. The molecule has 0 spiro atoms. The maximum Gasteiger partial charge on any atom is 0.105 e. The number of aromatic nitrogens is 2. The lowest BCUT2D eigenvalue weighted by Crippen LogP contribution is -2.17. The van der Waals surface area contributed by atoms with Gasteiger partial charge in [-0.3, -0.25) is 0 Å². The molecule has 1 heterocycles. The molecular formula is C14H19N3. The maximum atomic E-state index is 6.25. The van der Waals surface area contributed by atoms with E-state index in [4.69, 9.17) is 5.73 Å². The molecule has 1 atom stereocenters. The highest BCUT2D eigenvalue weighted by Crippen LogP contribution is 2.18. The fraction of sp³-hybridized carbons (Fsp3) is 0.357. The minimum absolute atomic E-state index is 0.00213. The summed E-state index contributed by atoms with van der Waals surface area (Å²) in [7, 11) is 2.01. The zero-order valence-electron chi connectivity index (χ0n) is 10.6. The average molecular weight is 229 g/mol. The van der Waals surface area contributed by atoms with Gasteiger partial charge in [-0.1, -0.05) is 24.3 Å². The van der Waals surface area contributed by atoms with Gasteiger partial charge in [0.05, 0.1) is 17.9 Å². The van der Waals surface area contributed by atoms with Crippen molar-refractivity contribution in [2.75, 3.05) is 0 Å². The van der Waals surface area contributed by atoms with E-state index < -0.39 is 0 Å². The number of nitrogens with two attached hydrogens (primary N) is 1. The molecule has 0 saturated carbocycles. The Kier molecular flexibility index (Phi) is 3.29. The van der Waals surface area contributed by atoms with Crippen LogP contribution in [0.1, 0.15) is 28.7 Å². The van der Waals surface area contributed by atoms with Gasteiger partial charge in [0, 0.05) is 7.05 Å². The van der Waals surface area contributed by atoms with E-state index in [-0.39, 0.29) is 6.04 Å².